The highest BCUT2D eigenvalue weighted by atomic mass is 16.5. The maximum atomic E-state index is 11.8. The number of aryl methyl sites for hydroxylation is 1. The molecule has 90 valence electrons. The third-order valence-electron chi connectivity index (χ3n) is 2.83. The Labute approximate surface area is 101 Å². The van der Waals surface area contributed by atoms with E-state index in [2.05, 4.69) is 0 Å². The van der Waals surface area contributed by atoms with E-state index in [0.29, 0.717) is 18.8 Å². The highest BCUT2D eigenvalue weighted by molar-refractivity contribution is 5.93. The number of ether oxygens (including phenoxy) is 1. The molecule has 17 heavy (non-hydrogen) atoms. The Morgan fingerprint density at radius 3 is 2.71 bits per heavy atom. The molecule has 1 aromatic carbocycles. The molecule has 0 saturated heterocycles. The molecule has 2 N–H and O–H groups in total. The summed E-state index contributed by atoms with van der Waals surface area (Å²) in [5.41, 5.74) is 7.48. The fraction of sp³-hybridized carbons (Fsp3) is 0.357. The molecule has 1 heterocycles. The Hall–Kier alpha value is -1.77. The normalized spacial score (nSPS) is 14.9. The van der Waals surface area contributed by atoms with Crippen molar-refractivity contribution in [2.24, 2.45) is 0 Å². The minimum atomic E-state index is 0.0986. The van der Waals surface area contributed by atoms with Gasteiger partial charge in [-0.3, -0.25) is 4.79 Å². The van der Waals surface area contributed by atoms with Crippen LogP contribution in [0.25, 0.3) is 0 Å². The summed E-state index contributed by atoms with van der Waals surface area (Å²) in [6.07, 6.45) is 5.09. The molecule has 3 heteroatoms. The van der Waals surface area contributed by atoms with Crippen LogP contribution in [0.2, 0.25) is 0 Å². The first-order chi connectivity index (χ1) is 8.25. The minimum Gasteiger partial charge on any atom is -0.490 e. The van der Waals surface area contributed by atoms with Crippen LogP contribution in [0.3, 0.4) is 0 Å². The van der Waals surface area contributed by atoms with Gasteiger partial charge in [0.1, 0.15) is 0 Å². The summed E-state index contributed by atoms with van der Waals surface area (Å²) in [5.74, 6) is 0.647. The van der Waals surface area contributed by atoms with E-state index in [9.17, 15) is 4.79 Å². The lowest BCUT2D eigenvalue weighted by Crippen LogP contribution is -2.11. The molecule has 0 aromatic heterocycles. The minimum absolute atomic E-state index is 0.0986. The van der Waals surface area contributed by atoms with Gasteiger partial charge in [-0.2, -0.15) is 0 Å². The molecule has 0 radical (unpaired) electrons. The van der Waals surface area contributed by atoms with E-state index in [1.807, 2.05) is 30.3 Å². The number of carbonyl (C=O) groups is 1. The molecule has 0 bridgehead atoms. The summed E-state index contributed by atoms with van der Waals surface area (Å²) in [6.45, 7) is 0.666. The third-order valence-corrected chi connectivity index (χ3v) is 2.83. The molecule has 1 aromatic rings. The number of carbonyl (C=O) groups excluding carboxylic acids is 1. The first-order valence-corrected chi connectivity index (χ1v) is 5.96. The lowest BCUT2D eigenvalue weighted by Gasteiger charge is -2.13. The second-order valence-electron chi connectivity index (χ2n) is 4.22. The lowest BCUT2D eigenvalue weighted by molar-refractivity contribution is -0.119. The van der Waals surface area contributed by atoms with Gasteiger partial charge in [0, 0.05) is 12.1 Å². The molecule has 3 nitrogen and oxygen atoms in total. The largest absolute Gasteiger partial charge is 0.490 e. The van der Waals surface area contributed by atoms with Crippen molar-refractivity contribution in [1.29, 1.82) is 0 Å². The Morgan fingerprint density at radius 1 is 1.29 bits per heavy atom. The molecule has 0 amide bonds. The van der Waals surface area contributed by atoms with Gasteiger partial charge in [0.05, 0.1) is 6.61 Å². The van der Waals surface area contributed by atoms with Gasteiger partial charge in [-0.15, -0.1) is 0 Å². The van der Waals surface area contributed by atoms with Crippen LogP contribution < -0.4 is 5.73 Å². The Bertz CT molecular complexity index is 420. The van der Waals surface area contributed by atoms with Crippen molar-refractivity contribution in [2.45, 2.75) is 25.7 Å². The third kappa shape index (κ3) is 3.34. The standard InChI is InChI=1S/C14H17NO2/c15-12-7-4-11(5-8-12)6-9-13(16)14-3-1-2-10-17-14/h3-5,7-8H,1-2,6,9-10,15H2. The second kappa shape index (κ2) is 5.53. The van der Waals surface area contributed by atoms with Crippen LogP contribution in [0.4, 0.5) is 5.69 Å². The van der Waals surface area contributed by atoms with E-state index in [-0.39, 0.29) is 5.78 Å². The van der Waals surface area contributed by atoms with Gasteiger partial charge in [-0.1, -0.05) is 12.1 Å². The fourth-order valence-electron chi connectivity index (χ4n) is 1.82. The molecular weight excluding hydrogens is 214 g/mol. The van der Waals surface area contributed by atoms with E-state index < -0.39 is 0 Å². The van der Waals surface area contributed by atoms with Gasteiger partial charge < -0.3 is 10.5 Å². The van der Waals surface area contributed by atoms with E-state index in [0.717, 1.165) is 30.5 Å². The number of ketones is 1. The number of nitrogen functional groups attached to an aromatic ring is 1. The van der Waals surface area contributed by atoms with Gasteiger partial charge in [0.25, 0.3) is 0 Å². The monoisotopic (exact) mass is 231 g/mol. The summed E-state index contributed by atoms with van der Waals surface area (Å²) in [6, 6.07) is 7.63. The molecule has 1 aliphatic heterocycles. The molecule has 2 rings (SSSR count). The van der Waals surface area contributed by atoms with Gasteiger partial charge in [0.15, 0.2) is 11.5 Å². The van der Waals surface area contributed by atoms with Crippen molar-refractivity contribution in [3.8, 4) is 0 Å². The van der Waals surface area contributed by atoms with Crippen LogP contribution in [0.5, 0.6) is 0 Å². The van der Waals surface area contributed by atoms with Gasteiger partial charge in [-0.25, -0.2) is 0 Å². The number of allylic oxidation sites excluding steroid dienone is 2. The van der Waals surface area contributed by atoms with Crippen LogP contribution >= 0.6 is 0 Å². The zero-order chi connectivity index (χ0) is 12.1. The van der Waals surface area contributed by atoms with E-state index >= 15 is 0 Å². The summed E-state index contributed by atoms with van der Waals surface area (Å²) in [7, 11) is 0. The molecule has 0 aliphatic carbocycles. The molecule has 0 spiro atoms. The van der Waals surface area contributed by atoms with Crippen molar-refractivity contribution < 1.29 is 9.53 Å². The zero-order valence-electron chi connectivity index (χ0n) is 9.82. The number of Topliss-reactive ketones (excluding diaryl/α,β-unsaturated/α-hetero) is 1. The quantitative estimate of drug-likeness (QED) is 0.810. The summed E-state index contributed by atoms with van der Waals surface area (Å²) >= 11 is 0. The van der Waals surface area contributed by atoms with Crippen molar-refractivity contribution >= 4 is 11.5 Å². The number of hydrogen-bond donors (Lipinski definition) is 1. The Morgan fingerprint density at radius 2 is 2.06 bits per heavy atom. The van der Waals surface area contributed by atoms with E-state index in [1.54, 1.807) is 0 Å². The number of hydrogen-bond acceptors (Lipinski definition) is 3. The first-order valence-electron chi connectivity index (χ1n) is 5.96. The van der Waals surface area contributed by atoms with E-state index in [1.165, 1.54) is 0 Å². The second-order valence-corrected chi connectivity index (χ2v) is 4.22. The molecule has 0 saturated carbocycles. The van der Waals surface area contributed by atoms with Crippen molar-refractivity contribution in [3.05, 3.63) is 41.7 Å². The summed E-state index contributed by atoms with van der Waals surface area (Å²) in [4.78, 5) is 11.8. The SMILES string of the molecule is Nc1ccc(CCC(=O)C2=CCCCO2)cc1. The maximum Gasteiger partial charge on any atom is 0.197 e. The van der Waals surface area contributed by atoms with Gasteiger partial charge in [-0.05, 0) is 43.0 Å². The smallest absolute Gasteiger partial charge is 0.197 e. The molecular formula is C14H17NO2. The number of anilines is 1. The highest BCUT2D eigenvalue weighted by Gasteiger charge is 2.13. The topological polar surface area (TPSA) is 52.3 Å². The summed E-state index contributed by atoms with van der Waals surface area (Å²) in [5, 5.41) is 0. The summed E-state index contributed by atoms with van der Waals surface area (Å²) < 4.78 is 5.34. The number of rotatable bonds is 4. The van der Waals surface area contributed by atoms with Crippen LogP contribution in [0.1, 0.15) is 24.8 Å². The van der Waals surface area contributed by atoms with E-state index in [4.69, 9.17) is 10.5 Å². The lowest BCUT2D eigenvalue weighted by atomic mass is 10.1. The maximum absolute atomic E-state index is 11.8. The molecule has 0 atom stereocenters. The fourth-order valence-corrected chi connectivity index (χ4v) is 1.82. The first kappa shape index (κ1) is 11.7. The predicted molar refractivity (Wildman–Crippen MR) is 67.5 cm³/mol. The van der Waals surface area contributed by atoms with Crippen molar-refractivity contribution in [1.82, 2.24) is 0 Å². The van der Waals surface area contributed by atoms with Crippen LogP contribution in [0, 0.1) is 0 Å². The van der Waals surface area contributed by atoms with Gasteiger partial charge in [0.2, 0.25) is 0 Å². The highest BCUT2D eigenvalue weighted by Crippen LogP contribution is 2.14. The molecule has 0 unspecified atom stereocenters. The number of benzene rings is 1. The number of nitrogens with two attached hydrogens (primary N) is 1. The zero-order valence-corrected chi connectivity index (χ0v) is 9.82. The Balaban J connectivity index is 1.87. The van der Waals surface area contributed by atoms with Crippen LogP contribution in [-0.2, 0) is 16.0 Å². The van der Waals surface area contributed by atoms with Crippen molar-refractivity contribution in [2.75, 3.05) is 12.3 Å². The van der Waals surface area contributed by atoms with Crippen molar-refractivity contribution in [3.63, 3.8) is 0 Å². The molecule has 0 fully saturated rings. The van der Waals surface area contributed by atoms with Crippen LogP contribution in [-0.4, -0.2) is 12.4 Å². The van der Waals surface area contributed by atoms with Crippen LogP contribution in [0.15, 0.2) is 36.1 Å². The average Bonchev–Trinajstić information content (AvgIpc) is 2.39. The predicted octanol–water partition coefficient (Wildman–Crippen LogP) is 2.46. The molecule has 1 aliphatic rings. The average molecular weight is 231 g/mol. The Kier molecular flexibility index (Phi) is 3.81. The van der Waals surface area contributed by atoms with Gasteiger partial charge >= 0.3 is 0 Å².